The quantitative estimate of drug-likeness (QED) is 0.448. The van der Waals surface area contributed by atoms with Gasteiger partial charge in [0.25, 0.3) is 0 Å². The summed E-state index contributed by atoms with van der Waals surface area (Å²) in [5.74, 6) is -0.392. The van der Waals surface area contributed by atoms with Gasteiger partial charge in [-0.25, -0.2) is 5.43 Å². The van der Waals surface area contributed by atoms with E-state index in [0.717, 1.165) is 5.56 Å². The Hall–Kier alpha value is -3.35. The predicted octanol–water partition coefficient (Wildman–Crippen LogP) is 1.51. The average Bonchev–Trinajstić information content (AvgIpc) is 2.68. The van der Waals surface area contributed by atoms with Gasteiger partial charge in [-0.3, -0.25) is 9.59 Å². The molecule has 0 spiro atoms. The van der Waals surface area contributed by atoms with Gasteiger partial charge in [0, 0.05) is 18.2 Å². The molecule has 7 nitrogen and oxygen atoms in total. The van der Waals surface area contributed by atoms with Crippen LogP contribution >= 0.6 is 0 Å². The van der Waals surface area contributed by atoms with Crippen LogP contribution in [-0.4, -0.2) is 38.8 Å². The van der Waals surface area contributed by atoms with Crippen molar-refractivity contribution in [2.45, 2.75) is 6.42 Å². The summed E-state index contributed by atoms with van der Waals surface area (Å²) in [4.78, 5) is 23.5. The molecule has 0 unspecified atom stereocenters. The fraction of sp³-hybridized carbons (Fsp3) is 0.211. The molecule has 2 amide bonds. The Labute approximate surface area is 152 Å². The number of benzene rings is 2. The van der Waals surface area contributed by atoms with Gasteiger partial charge in [-0.15, -0.1) is 0 Å². The van der Waals surface area contributed by atoms with E-state index in [9.17, 15) is 9.59 Å². The van der Waals surface area contributed by atoms with Gasteiger partial charge < -0.3 is 14.8 Å². The van der Waals surface area contributed by atoms with E-state index in [-0.39, 0.29) is 0 Å². The second-order valence-corrected chi connectivity index (χ2v) is 5.30. The molecule has 0 fully saturated rings. The van der Waals surface area contributed by atoms with Crippen LogP contribution in [0, 0.1) is 0 Å². The van der Waals surface area contributed by atoms with Crippen LogP contribution in [-0.2, 0) is 16.0 Å². The molecule has 0 saturated heterocycles. The van der Waals surface area contributed by atoms with Crippen LogP contribution in [0.5, 0.6) is 11.5 Å². The maximum absolute atomic E-state index is 11.7. The van der Waals surface area contributed by atoms with Crippen LogP contribution in [0.15, 0.2) is 53.6 Å². The molecular formula is C19H21N3O4. The smallest absolute Gasteiger partial charge is 0.329 e. The van der Waals surface area contributed by atoms with Crippen molar-refractivity contribution in [1.29, 1.82) is 0 Å². The summed E-state index contributed by atoms with van der Waals surface area (Å²) < 4.78 is 10.3. The largest absolute Gasteiger partial charge is 0.497 e. The summed E-state index contributed by atoms with van der Waals surface area (Å²) in [5.41, 5.74) is 3.91. The van der Waals surface area contributed by atoms with E-state index >= 15 is 0 Å². The Kier molecular flexibility index (Phi) is 7.17. The lowest BCUT2D eigenvalue weighted by molar-refractivity contribution is -0.139. The van der Waals surface area contributed by atoms with Crippen LogP contribution < -0.4 is 20.2 Å². The van der Waals surface area contributed by atoms with Gasteiger partial charge in [-0.1, -0.05) is 30.3 Å². The van der Waals surface area contributed by atoms with Gasteiger partial charge in [0.15, 0.2) is 0 Å². The van der Waals surface area contributed by atoms with Crippen LogP contribution in [0.3, 0.4) is 0 Å². The van der Waals surface area contributed by atoms with E-state index in [0.29, 0.717) is 30.0 Å². The van der Waals surface area contributed by atoms with Crippen LogP contribution in [0.25, 0.3) is 0 Å². The Balaban J connectivity index is 1.81. The van der Waals surface area contributed by atoms with E-state index in [1.807, 2.05) is 30.3 Å². The molecule has 0 heterocycles. The second kappa shape index (κ2) is 9.83. The van der Waals surface area contributed by atoms with Crippen molar-refractivity contribution >= 4 is 18.0 Å². The van der Waals surface area contributed by atoms with E-state index < -0.39 is 11.8 Å². The number of nitrogens with one attached hydrogen (secondary N) is 2. The zero-order valence-corrected chi connectivity index (χ0v) is 14.7. The van der Waals surface area contributed by atoms with Gasteiger partial charge in [0.1, 0.15) is 11.5 Å². The highest BCUT2D eigenvalue weighted by Crippen LogP contribution is 2.22. The Bertz CT molecular complexity index is 776. The number of carbonyl (C=O) groups is 2. The molecule has 0 saturated carbocycles. The molecule has 136 valence electrons. The summed E-state index contributed by atoms with van der Waals surface area (Å²) in [6.07, 6.45) is 2.04. The normalized spacial score (nSPS) is 10.4. The molecule has 2 N–H and O–H groups in total. The molecule has 0 aromatic heterocycles. The Morgan fingerprint density at radius 2 is 1.81 bits per heavy atom. The first-order valence-corrected chi connectivity index (χ1v) is 8.01. The van der Waals surface area contributed by atoms with E-state index in [1.54, 1.807) is 25.3 Å². The lowest BCUT2D eigenvalue weighted by atomic mass is 10.1. The number of rotatable bonds is 7. The van der Waals surface area contributed by atoms with Crippen molar-refractivity contribution in [3.63, 3.8) is 0 Å². The molecule has 0 atom stereocenters. The number of hydrazone groups is 1. The minimum absolute atomic E-state index is 0.367. The molecule has 2 rings (SSSR count). The molecule has 0 aliphatic rings. The van der Waals surface area contributed by atoms with Crippen molar-refractivity contribution in [3.05, 3.63) is 59.7 Å². The molecule has 26 heavy (non-hydrogen) atoms. The summed E-state index contributed by atoms with van der Waals surface area (Å²) in [7, 11) is 3.07. The van der Waals surface area contributed by atoms with Gasteiger partial charge >= 0.3 is 11.8 Å². The van der Waals surface area contributed by atoms with Crippen molar-refractivity contribution < 1.29 is 19.1 Å². The van der Waals surface area contributed by atoms with Crippen molar-refractivity contribution in [2.24, 2.45) is 5.10 Å². The molecule has 2 aromatic carbocycles. The Morgan fingerprint density at radius 3 is 2.50 bits per heavy atom. The third-order valence-corrected chi connectivity index (χ3v) is 3.56. The molecule has 0 aliphatic carbocycles. The summed E-state index contributed by atoms with van der Waals surface area (Å²) in [6, 6.07) is 14.8. The fourth-order valence-electron chi connectivity index (χ4n) is 2.18. The lowest BCUT2D eigenvalue weighted by Gasteiger charge is -2.07. The summed E-state index contributed by atoms with van der Waals surface area (Å²) in [6.45, 7) is 0.367. The number of ether oxygens (including phenoxy) is 2. The number of hydrogen-bond acceptors (Lipinski definition) is 5. The first kappa shape index (κ1) is 19.0. The zero-order chi connectivity index (χ0) is 18.8. The van der Waals surface area contributed by atoms with Gasteiger partial charge in [-0.05, 0) is 24.1 Å². The number of hydrogen-bond donors (Lipinski definition) is 2. The minimum Gasteiger partial charge on any atom is -0.497 e. The van der Waals surface area contributed by atoms with Crippen molar-refractivity contribution in [2.75, 3.05) is 20.8 Å². The molecular weight excluding hydrogens is 334 g/mol. The molecule has 7 heteroatoms. The third-order valence-electron chi connectivity index (χ3n) is 3.56. The number of amides is 2. The average molecular weight is 355 g/mol. The van der Waals surface area contributed by atoms with Crippen LogP contribution in [0.4, 0.5) is 0 Å². The highest BCUT2D eigenvalue weighted by molar-refractivity contribution is 6.35. The van der Waals surface area contributed by atoms with Gasteiger partial charge in [0.2, 0.25) is 0 Å². The predicted molar refractivity (Wildman–Crippen MR) is 98.4 cm³/mol. The highest BCUT2D eigenvalue weighted by atomic mass is 16.5. The number of nitrogens with zero attached hydrogens (tertiary/aromatic N) is 1. The van der Waals surface area contributed by atoms with Gasteiger partial charge in [0.05, 0.1) is 20.4 Å². The van der Waals surface area contributed by atoms with E-state index in [1.165, 1.54) is 13.3 Å². The first-order valence-electron chi connectivity index (χ1n) is 8.01. The third kappa shape index (κ3) is 5.62. The van der Waals surface area contributed by atoms with E-state index in [2.05, 4.69) is 15.8 Å². The molecule has 2 aromatic rings. The maximum Gasteiger partial charge on any atom is 0.329 e. The summed E-state index contributed by atoms with van der Waals surface area (Å²) in [5, 5.41) is 6.34. The topological polar surface area (TPSA) is 89.0 Å². The molecule has 0 aliphatic heterocycles. The zero-order valence-electron chi connectivity index (χ0n) is 14.7. The number of methoxy groups -OCH3 is 2. The van der Waals surface area contributed by atoms with Crippen molar-refractivity contribution in [3.8, 4) is 11.5 Å². The van der Waals surface area contributed by atoms with Gasteiger partial charge in [-0.2, -0.15) is 5.10 Å². The standard InChI is InChI=1S/C19H21N3O4/c1-25-16-9-8-15(17(12-16)26-2)13-21-22-19(24)18(23)20-11-10-14-6-4-3-5-7-14/h3-9,12-13H,10-11H2,1-2H3,(H,20,23)(H,22,24)/b21-13-. The maximum atomic E-state index is 11.7. The van der Waals surface area contributed by atoms with E-state index in [4.69, 9.17) is 9.47 Å². The number of carbonyl (C=O) groups excluding carboxylic acids is 2. The SMILES string of the molecule is COc1ccc(/C=N\NC(=O)C(=O)NCCc2ccccc2)c(OC)c1. The molecule has 0 radical (unpaired) electrons. The molecule has 0 bridgehead atoms. The first-order chi connectivity index (χ1) is 12.6. The lowest BCUT2D eigenvalue weighted by Crippen LogP contribution is -2.38. The Morgan fingerprint density at radius 1 is 1.04 bits per heavy atom. The van der Waals surface area contributed by atoms with Crippen molar-refractivity contribution in [1.82, 2.24) is 10.7 Å². The summed E-state index contributed by atoms with van der Waals surface area (Å²) >= 11 is 0. The minimum atomic E-state index is -0.832. The van der Waals surface area contributed by atoms with Crippen LogP contribution in [0.2, 0.25) is 0 Å². The highest BCUT2D eigenvalue weighted by Gasteiger charge is 2.11. The van der Waals surface area contributed by atoms with Crippen LogP contribution in [0.1, 0.15) is 11.1 Å². The monoisotopic (exact) mass is 355 g/mol. The second-order valence-electron chi connectivity index (χ2n) is 5.30. The fourth-order valence-corrected chi connectivity index (χ4v) is 2.18.